The summed E-state index contributed by atoms with van der Waals surface area (Å²) in [5.74, 6) is 0.378. The average molecular weight is 447 g/mol. The highest BCUT2D eigenvalue weighted by molar-refractivity contribution is 5.94. The number of para-hydroxylation sites is 1. The van der Waals surface area contributed by atoms with Gasteiger partial charge in [-0.15, -0.1) is 0 Å². The molecule has 4 aromatic rings. The molecule has 2 aromatic carbocycles. The summed E-state index contributed by atoms with van der Waals surface area (Å²) < 4.78 is 13.4. The van der Waals surface area contributed by atoms with Crippen LogP contribution in [0.1, 0.15) is 16.2 Å². The molecule has 0 bridgehead atoms. The van der Waals surface area contributed by atoms with E-state index in [0.717, 1.165) is 5.56 Å². The normalized spacial score (nSPS) is 11.0. The number of benzene rings is 2. The molecular formula is C24H25N5O4. The second-order valence-electron chi connectivity index (χ2n) is 7.43. The Morgan fingerprint density at radius 1 is 1.03 bits per heavy atom. The van der Waals surface area contributed by atoms with Crippen molar-refractivity contribution in [2.24, 2.45) is 7.05 Å². The number of carbonyl (C=O) groups excluding carboxylic acids is 1. The van der Waals surface area contributed by atoms with Gasteiger partial charge in [-0.3, -0.25) is 14.3 Å². The average Bonchev–Trinajstić information content (AvgIpc) is 3.24. The van der Waals surface area contributed by atoms with Crippen LogP contribution in [0.4, 0.5) is 0 Å². The van der Waals surface area contributed by atoms with Crippen LogP contribution in [0.2, 0.25) is 0 Å². The molecule has 0 aliphatic rings. The number of ether oxygens (including phenoxy) is 2. The van der Waals surface area contributed by atoms with Crippen LogP contribution >= 0.6 is 0 Å². The largest absolute Gasteiger partial charge is 0.496 e. The van der Waals surface area contributed by atoms with Crippen LogP contribution in [0.3, 0.4) is 0 Å². The molecule has 0 fully saturated rings. The minimum Gasteiger partial charge on any atom is -0.496 e. The van der Waals surface area contributed by atoms with E-state index >= 15 is 0 Å². The van der Waals surface area contributed by atoms with E-state index in [1.165, 1.54) is 9.36 Å². The van der Waals surface area contributed by atoms with E-state index < -0.39 is 0 Å². The third kappa shape index (κ3) is 4.49. The number of fused-ring (bicyclic) bond motifs is 1. The van der Waals surface area contributed by atoms with Crippen LogP contribution in [-0.4, -0.2) is 46.3 Å². The van der Waals surface area contributed by atoms with E-state index in [0.29, 0.717) is 46.8 Å². The summed E-state index contributed by atoms with van der Waals surface area (Å²) in [7, 11) is 4.88. The summed E-state index contributed by atoms with van der Waals surface area (Å²) in [4.78, 5) is 25.7. The maximum absolute atomic E-state index is 13.0. The van der Waals surface area contributed by atoms with Gasteiger partial charge in [0.1, 0.15) is 11.4 Å². The molecule has 2 aromatic heterocycles. The fourth-order valence-electron chi connectivity index (χ4n) is 3.69. The molecule has 0 aliphatic carbocycles. The van der Waals surface area contributed by atoms with Crippen molar-refractivity contribution in [2.75, 3.05) is 20.8 Å². The van der Waals surface area contributed by atoms with Gasteiger partial charge in [0.15, 0.2) is 0 Å². The Hall–Kier alpha value is -3.98. The maximum atomic E-state index is 13.0. The van der Waals surface area contributed by atoms with Crippen molar-refractivity contribution in [3.63, 3.8) is 0 Å². The minimum absolute atomic E-state index is 0.155. The highest BCUT2D eigenvalue weighted by Crippen LogP contribution is 2.28. The smallest absolute Gasteiger partial charge is 0.274 e. The van der Waals surface area contributed by atoms with E-state index in [4.69, 9.17) is 9.47 Å². The number of methoxy groups -OCH3 is 2. The third-order valence-corrected chi connectivity index (χ3v) is 5.36. The van der Waals surface area contributed by atoms with Crippen LogP contribution in [0.25, 0.3) is 22.0 Å². The first-order valence-electron chi connectivity index (χ1n) is 10.5. The molecule has 9 heteroatoms. The molecule has 1 amide bonds. The van der Waals surface area contributed by atoms with Gasteiger partial charge in [-0.2, -0.15) is 10.2 Å². The van der Waals surface area contributed by atoms with Gasteiger partial charge >= 0.3 is 0 Å². The standard InChI is InChI=1S/C24H25N5O4/c1-28-21(14-19(26-28)18-10-6-7-11-22(18)33-3)23(30)25-15-20-16-8-4-5-9-17(16)24(31)29(27-20)12-13-32-2/h4-11,14H,12-13,15H2,1-3H3,(H,25,30). The maximum Gasteiger partial charge on any atom is 0.274 e. The lowest BCUT2D eigenvalue weighted by molar-refractivity contribution is 0.0941. The quantitative estimate of drug-likeness (QED) is 0.445. The Labute approximate surface area is 190 Å². The predicted octanol–water partition coefficient (Wildman–Crippen LogP) is 2.38. The molecule has 0 atom stereocenters. The second kappa shape index (κ2) is 9.66. The summed E-state index contributed by atoms with van der Waals surface area (Å²) in [6.45, 7) is 0.838. The van der Waals surface area contributed by atoms with Crippen molar-refractivity contribution in [3.8, 4) is 17.0 Å². The fourth-order valence-corrected chi connectivity index (χ4v) is 3.69. The summed E-state index contributed by atoms with van der Waals surface area (Å²) in [5.41, 5.74) is 2.24. The van der Waals surface area contributed by atoms with E-state index in [-0.39, 0.29) is 18.0 Å². The zero-order chi connectivity index (χ0) is 23.4. The van der Waals surface area contributed by atoms with E-state index in [1.54, 1.807) is 33.4 Å². The zero-order valence-corrected chi connectivity index (χ0v) is 18.7. The lowest BCUT2D eigenvalue weighted by Crippen LogP contribution is -2.30. The van der Waals surface area contributed by atoms with Crippen molar-refractivity contribution < 1.29 is 14.3 Å². The van der Waals surface area contributed by atoms with Crippen molar-refractivity contribution in [3.05, 3.63) is 76.3 Å². The minimum atomic E-state index is -0.299. The van der Waals surface area contributed by atoms with Crippen LogP contribution in [0.15, 0.2) is 59.4 Å². The number of nitrogens with zero attached hydrogens (tertiary/aromatic N) is 4. The first-order valence-corrected chi connectivity index (χ1v) is 10.5. The van der Waals surface area contributed by atoms with Gasteiger partial charge in [0, 0.05) is 25.1 Å². The molecule has 170 valence electrons. The Balaban J connectivity index is 1.60. The Morgan fingerprint density at radius 3 is 2.52 bits per heavy atom. The number of carbonyl (C=O) groups is 1. The molecule has 2 heterocycles. The number of aryl methyl sites for hydroxylation is 1. The van der Waals surface area contributed by atoms with E-state index in [1.807, 2.05) is 42.5 Å². The second-order valence-corrected chi connectivity index (χ2v) is 7.43. The number of hydrogen-bond acceptors (Lipinski definition) is 6. The van der Waals surface area contributed by atoms with Crippen LogP contribution < -0.4 is 15.6 Å². The molecule has 0 saturated heterocycles. The SMILES string of the molecule is COCCn1nc(CNC(=O)c2cc(-c3ccccc3OC)nn2C)c2ccccc2c1=O. The molecule has 0 radical (unpaired) electrons. The highest BCUT2D eigenvalue weighted by atomic mass is 16.5. The Bertz CT molecular complexity index is 1360. The summed E-state index contributed by atoms with van der Waals surface area (Å²) >= 11 is 0. The van der Waals surface area contributed by atoms with Gasteiger partial charge in [0.05, 0.1) is 43.6 Å². The van der Waals surface area contributed by atoms with Crippen LogP contribution in [0.5, 0.6) is 5.75 Å². The number of nitrogens with one attached hydrogen (secondary N) is 1. The van der Waals surface area contributed by atoms with Crippen molar-refractivity contribution in [1.29, 1.82) is 0 Å². The number of amides is 1. The Kier molecular flexibility index (Phi) is 6.50. The lowest BCUT2D eigenvalue weighted by atomic mass is 10.1. The number of aromatic nitrogens is 4. The van der Waals surface area contributed by atoms with Gasteiger partial charge in [0.2, 0.25) is 0 Å². The molecule has 33 heavy (non-hydrogen) atoms. The van der Waals surface area contributed by atoms with Crippen LogP contribution in [-0.2, 0) is 24.9 Å². The summed E-state index contributed by atoms with van der Waals surface area (Å²) in [5, 5.41) is 13.1. The third-order valence-electron chi connectivity index (χ3n) is 5.36. The number of hydrogen-bond donors (Lipinski definition) is 1. The zero-order valence-electron chi connectivity index (χ0n) is 18.7. The predicted molar refractivity (Wildman–Crippen MR) is 124 cm³/mol. The first-order chi connectivity index (χ1) is 16.0. The van der Waals surface area contributed by atoms with Gasteiger partial charge in [0.25, 0.3) is 11.5 Å². The Morgan fingerprint density at radius 2 is 1.76 bits per heavy atom. The summed E-state index contributed by atoms with van der Waals surface area (Å²) in [6, 6.07) is 16.5. The monoisotopic (exact) mass is 447 g/mol. The molecule has 0 aliphatic heterocycles. The van der Waals surface area contributed by atoms with Gasteiger partial charge in [-0.1, -0.05) is 30.3 Å². The molecule has 0 unspecified atom stereocenters. The van der Waals surface area contributed by atoms with Crippen molar-refractivity contribution in [1.82, 2.24) is 24.9 Å². The number of rotatable bonds is 8. The molecule has 9 nitrogen and oxygen atoms in total. The van der Waals surface area contributed by atoms with E-state index in [2.05, 4.69) is 15.5 Å². The molecule has 0 spiro atoms. The molecule has 4 rings (SSSR count). The highest BCUT2D eigenvalue weighted by Gasteiger charge is 2.17. The first kappa shape index (κ1) is 22.2. The fraction of sp³-hybridized carbons (Fsp3) is 0.250. The van der Waals surface area contributed by atoms with Crippen molar-refractivity contribution >= 4 is 16.7 Å². The molecule has 1 N–H and O–H groups in total. The van der Waals surface area contributed by atoms with Gasteiger partial charge in [-0.25, -0.2) is 4.68 Å². The lowest BCUT2D eigenvalue weighted by Gasteiger charge is -2.11. The van der Waals surface area contributed by atoms with Crippen molar-refractivity contribution in [2.45, 2.75) is 13.1 Å². The van der Waals surface area contributed by atoms with E-state index in [9.17, 15) is 9.59 Å². The molecular weight excluding hydrogens is 422 g/mol. The van der Waals surface area contributed by atoms with Gasteiger partial charge in [-0.05, 0) is 24.3 Å². The topological polar surface area (TPSA) is 100 Å². The van der Waals surface area contributed by atoms with Gasteiger partial charge < -0.3 is 14.8 Å². The summed E-state index contributed by atoms with van der Waals surface area (Å²) in [6.07, 6.45) is 0. The van der Waals surface area contributed by atoms with Crippen LogP contribution in [0, 0.1) is 0 Å². The molecule has 0 saturated carbocycles.